The van der Waals surface area contributed by atoms with Crippen molar-refractivity contribution in [3.63, 3.8) is 0 Å². The van der Waals surface area contributed by atoms with Crippen LogP contribution in [-0.4, -0.2) is 23.8 Å². The van der Waals surface area contributed by atoms with Gasteiger partial charge in [-0.1, -0.05) is 49.6 Å². The van der Waals surface area contributed by atoms with Gasteiger partial charge < -0.3 is 9.32 Å². The van der Waals surface area contributed by atoms with Crippen LogP contribution in [0.1, 0.15) is 63.0 Å². The van der Waals surface area contributed by atoms with E-state index >= 15 is 0 Å². The number of carbonyl (C=O) groups excluding carboxylic acids is 1. The molecule has 0 radical (unpaired) electrons. The predicted octanol–water partition coefficient (Wildman–Crippen LogP) is 7.12. The molecule has 1 aliphatic carbocycles. The normalized spacial score (nSPS) is 19.0. The second-order valence-corrected chi connectivity index (χ2v) is 9.88. The summed E-state index contributed by atoms with van der Waals surface area (Å²) in [7, 11) is 0. The minimum Gasteiger partial charge on any atom is -0.464 e. The van der Waals surface area contributed by atoms with E-state index in [0.29, 0.717) is 5.78 Å². The van der Waals surface area contributed by atoms with Gasteiger partial charge in [0.1, 0.15) is 17.2 Å². The van der Waals surface area contributed by atoms with Gasteiger partial charge in [-0.05, 0) is 61.9 Å². The molecule has 2 aliphatic rings. The Hall–Kier alpha value is -2.88. The number of furan rings is 1. The highest BCUT2D eigenvalue weighted by Crippen LogP contribution is 2.38. The average molecular weight is 446 g/mol. The lowest BCUT2D eigenvalue weighted by Crippen LogP contribution is -2.40. The molecule has 1 fully saturated rings. The number of Topliss-reactive ketones (excluding diaryl/α,β-unsaturated/α-hetero) is 1. The number of halogens is 1. The smallest absolute Gasteiger partial charge is 0.146 e. The van der Waals surface area contributed by atoms with E-state index < -0.39 is 5.41 Å². The van der Waals surface area contributed by atoms with Crippen LogP contribution >= 0.6 is 0 Å². The lowest BCUT2D eigenvalue weighted by Gasteiger charge is -2.35. The summed E-state index contributed by atoms with van der Waals surface area (Å²) in [6.07, 6.45) is 11.0. The molecule has 1 saturated carbocycles. The SMILES string of the molecule is CC(CCN1C=C(c2cc(F)cc3ccoc23)CC1)(C(=O)C1CCCCC1)c1ccccc1. The first kappa shape index (κ1) is 21.9. The molecular weight excluding hydrogens is 413 g/mol. The van der Waals surface area contributed by atoms with E-state index in [4.69, 9.17) is 4.42 Å². The summed E-state index contributed by atoms with van der Waals surface area (Å²) in [6, 6.07) is 15.2. The van der Waals surface area contributed by atoms with Crippen molar-refractivity contribution >= 4 is 22.3 Å². The third kappa shape index (κ3) is 4.36. The third-order valence-electron chi connectivity index (χ3n) is 7.70. The number of benzene rings is 2. The fourth-order valence-electron chi connectivity index (χ4n) is 5.68. The largest absolute Gasteiger partial charge is 0.464 e. The number of rotatable bonds is 7. The molecule has 1 aromatic heterocycles. The highest BCUT2D eigenvalue weighted by atomic mass is 19.1. The van der Waals surface area contributed by atoms with Crippen molar-refractivity contribution in [1.29, 1.82) is 0 Å². The lowest BCUT2D eigenvalue weighted by atomic mass is 9.69. The van der Waals surface area contributed by atoms with Gasteiger partial charge in [-0.15, -0.1) is 0 Å². The maximum Gasteiger partial charge on any atom is 0.146 e. The van der Waals surface area contributed by atoms with E-state index in [0.717, 1.165) is 79.3 Å². The summed E-state index contributed by atoms with van der Waals surface area (Å²) in [5.41, 5.74) is 3.29. The van der Waals surface area contributed by atoms with E-state index in [9.17, 15) is 9.18 Å². The summed E-state index contributed by atoms with van der Waals surface area (Å²) in [5.74, 6) is 0.334. The zero-order chi connectivity index (χ0) is 22.8. The topological polar surface area (TPSA) is 33.5 Å². The molecule has 33 heavy (non-hydrogen) atoms. The monoisotopic (exact) mass is 445 g/mol. The van der Waals surface area contributed by atoms with Crippen molar-refractivity contribution in [2.24, 2.45) is 5.92 Å². The van der Waals surface area contributed by atoms with E-state index in [2.05, 4.69) is 30.2 Å². The van der Waals surface area contributed by atoms with Crippen LogP contribution in [0.15, 0.2) is 65.4 Å². The fraction of sp³-hybridized carbons (Fsp3) is 0.414. The molecule has 2 heterocycles. The van der Waals surface area contributed by atoms with Crippen LogP contribution in [0.4, 0.5) is 4.39 Å². The van der Waals surface area contributed by atoms with Crippen LogP contribution in [0.2, 0.25) is 0 Å². The zero-order valence-electron chi connectivity index (χ0n) is 19.4. The van der Waals surface area contributed by atoms with Crippen molar-refractivity contribution in [2.75, 3.05) is 13.1 Å². The molecule has 0 N–H and O–H groups in total. The Morgan fingerprint density at radius 3 is 2.70 bits per heavy atom. The van der Waals surface area contributed by atoms with E-state index in [1.807, 2.05) is 18.2 Å². The highest BCUT2D eigenvalue weighted by Gasteiger charge is 2.39. The summed E-state index contributed by atoms with van der Waals surface area (Å²) in [6.45, 7) is 3.80. The summed E-state index contributed by atoms with van der Waals surface area (Å²) < 4.78 is 19.8. The van der Waals surface area contributed by atoms with Gasteiger partial charge in [0.15, 0.2) is 0 Å². The van der Waals surface area contributed by atoms with Gasteiger partial charge >= 0.3 is 0 Å². The number of hydrogen-bond donors (Lipinski definition) is 0. The summed E-state index contributed by atoms with van der Waals surface area (Å²) >= 11 is 0. The van der Waals surface area contributed by atoms with Gasteiger partial charge in [0.2, 0.25) is 0 Å². The molecule has 1 atom stereocenters. The van der Waals surface area contributed by atoms with Crippen LogP contribution in [0.3, 0.4) is 0 Å². The number of hydrogen-bond acceptors (Lipinski definition) is 3. The molecule has 0 bridgehead atoms. The molecule has 0 amide bonds. The van der Waals surface area contributed by atoms with Crippen molar-refractivity contribution < 1.29 is 13.6 Å². The minimum atomic E-state index is -0.493. The van der Waals surface area contributed by atoms with Crippen LogP contribution in [0.5, 0.6) is 0 Å². The Labute approximate surface area is 195 Å². The molecule has 0 saturated heterocycles. The van der Waals surface area contributed by atoms with Gasteiger partial charge in [0.25, 0.3) is 0 Å². The average Bonchev–Trinajstić information content (AvgIpc) is 3.52. The van der Waals surface area contributed by atoms with Crippen LogP contribution in [0, 0.1) is 11.7 Å². The molecule has 1 aliphatic heterocycles. The van der Waals surface area contributed by atoms with Crippen molar-refractivity contribution in [3.05, 3.63) is 77.9 Å². The molecule has 3 nitrogen and oxygen atoms in total. The van der Waals surface area contributed by atoms with Crippen molar-refractivity contribution in [2.45, 2.75) is 57.3 Å². The third-order valence-corrected chi connectivity index (χ3v) is 7.70. The maximum atomic E-state index is 14.2. The molecular formula is C29H32FNO2. The molecule has 0 spiro atoms. The Bertz CT molecular complexity index is 1160. The van der Waals surface area contributed by atoms with E-state index in [1.165, 1.54) is 12.5 Å². The Morgan fingerprint density at radius 2 is 1.91 bits per heavy atom. The summed E-state index contributed by atoms with van der Waals surface area (Å²) in [5, 5.41) is 0.791. The standard InChI is InChI=1S/C29H32FNO2/c1-29(24-10-6-3-7-11-24,28(32)21-8-4-2-5-9-21)14-16-31-15-12-23(20-31)26-19-25(30)18-22-13-17-33-27(22)26/h3,6-7,10-11,13,17-21H,2,4-5,8-9,12,14-16H2,1H3. The number of ketones is 1. The first-order chi connectivity index (χ1) is 16.0. The summed E-state index contributed by atoms with van der Waals surface area (Å²) in [4.78, 5) is 16.1. The lowest BCUT2D eigenvalue weighted by molar-refractivity contribution is -0.129. The van der Waals surface area contributed by atoms with Crippen molar-refractivity contribution in [3.8, 4) is 0 Å². The van der Waals surface area contributed by atoms with Gasteiger partial charge in [0, 0.05) is 36.2 Å². The Morgan fingerprint density at radius 1 is 1.12 bits per heavy atom. The Balaban J connectivity index is 1.37. The Kier molecular flexibility index (Phi) is 6.09. The quantitative estimate of drug-likeness (QED) is 0.388. The van der Waals surface area contributed by atoms with E-state index in [1.54, 1.807) is 18.4 Å². The minimum absolute atomic E-state index is 0.174. The molecule has 5 rings (SSSR count). The first-order valence-corrected chi connectivity index (χ1v) is 12.3. The van der Waals surface area contributed by atoms with E-state index in [-0.39, 0.29) is 11.7 Å². The number of nitrogens with zero attached hydrogens (tertiary/aromatic N) is 1. The fourth-order valence-corrected chi connectivity index (χ4v) is 5.68. The second kappa shape index (κ2) is 9.17. The first-order valence-electron chi connectivity index (χ1n) is 12.3. The van der Waals surface area contributed by atoms with Crippen molar-refractivity contribution in [1.82, 2.24) is 4.90 Å². The van der Waals surface area contributed by atoms with Crippen LogP contribution in [-0.2, 0) is 10.2 Å². The molecule has 2 aromatic carbocycles. The molecule has 3 aromatic rings. The van der Waals surface area contributed by atoms with Gasteiger partial charge in [-0.2, -0.15) is 0 Å². The number of fused-ring (bicyclic) bond motifs is 1. The number of carbonyl (C=O) groups is 1. The van der Waals surface area contributed by atoms with Crippen LogP contribution < -0.4 is 0 Å². The van der Waals surface area contributed by atoms with Gasteiger partial charge in [0.05, 0.1) is 11.7 Å². The zero-order valence-corrected chi connectivity index (χ0v) is 19.4. The van der Waals surface area contributed by atoms with Crippen LogP contribution in [0.25, 0.3) is 16.5 Å². The van der Waals surface area contributed by atoms with Gasteiger partial charge in [-0.3, -0.25) is 4.79 Å². The van der Waals surface area contributed by atoms with Gasteiger partial charge in [-0.25, -0.2) is 4.39 Å². The predicted molar refractivity (Wildman–Crippen MR) is 130 cm³/mol. The molecule has 4 heteroatoms. The molecule has 172 valence electrons. The highest BCUT2D eigenvalue weighted by molar-refractivity contribution is 5.92. The second-order valence-electron chi connectivity index (χ2n) is 9.88. The maximum absolute atomic E-state index is 14.2. The molecule has 1 unspecified atom stereocenters.